The summed E-state index contributed by atoms with van der Waals surface area (Å²) >= 11 is 0. The normalized spacial score (nSPS) is 26.3. The molecule has 3 saturated heterocycles. The Kier molecular flexibility index (Phi) is 35.3. The fraction of sp³-hybridized carbons (Fsp3) is 0.757. The van der Waals surface area contributed by atoms with Gasteiger partial charge in [0.2, 0.25) is 70.9 Å². The minimum absolute atomic E-state index is 0.00650. The largest absolute Gasteiger partial charge is 0.391 e. The number of nitrogens with zero attached hydrogens (tertiary/aromatic N) is 8. The summed E-state index contributed by atoms with van der Waals surface area (Å²) in [5, 5.41) is 25.3. The number of carbonyl (C=O) groups is 12. The van der Waals surface area contributed by atoms with Crippen LogP contribution in [0, 0.1) is 29.6 Å². The number of aliphatic hydroxyl groups excluding tert-OH is 1. The number of nitrogens with one attached hydrogen (secondary N) is 5. The van der Waals surface area contributed by atoms with Gasteiger partial charge in [-0.1, -0.05) is 119 Å². The van der Waals surface area contributed by atoms with E-state index in [2.05, 4.69) is 26.6 Å². The van der Waals surface area contributed by atoms with Crippen LogP contribution in [0.2, 0.25) is 0 Å². The summed E-state index contributed by atoms with van der Waals surface area (Å²) in [6.07, 6.45) is 0.634. The molecule has 0 spiro atoms. The second kappa shape index (κ2) is 41.3. The van der Waals surface area contributed by atoms with Gasteiger partial charge >= 0.3 is 0 Å². The molecule has 3 aliphatic rings. The Morgan fingerprint density at radius 1 is 0.563 bits per heavy atom. The van der Waals surface area contributed by atoms with Crippen LogP contribution in [-0.2, 0) is 68.7 Å². The molecule has 0 aromatic heterocycles. The smallest absolute Gasteiger partial charge is 0.261 e. The molecule has 3 fully saturated rings. The van der Waals surface area contributed by atoms with Gasteiger partial charge in [-0.25, -0.2) is 8.78 Å². The summed E-state index contributed by atoms with van der Waals surface area (Å²) in [5.74, 6) is -13.8. The van der Waals surface area contributed by atoms with Crippen LogP contribution in [0.1, 0.15) is 166 Å². The molecule has 12 amide bonds. The van der Waals surface area contributed by atoms with Crippen LogP contribution < -0.4 is 26.6 Å². The molecular formula is C74H123F2N13O14. The van der Waals surface area contributed by atoms with Gasteiger partial charge in [0.05, 0.1) is 45.4 Å². The van der Waals surface area contributed by atoms with Crippen LogP contribution in [0.3, 0.4) is 0 Å². The minimum Gasteiger partial charge on any atom is -0.391 e. The number of rotatable bonds is 21. The van der Waals surface area contributed by atoms with Crippen molar-refractivity contribution >= 4 is 70.9 Å². The zero-order valence-electron chi connectivity index (χ0n) is 64.6. The number of halogens is 2. The lowest BCUT2D eigenvalue weighted by Crippen LogP contribution is -2.62. The molecule has 0 bridgehead atoms. The average molecular weight is 1460 g/mol. The van der Waals surface area contributed by atoms with Gasteiger partial charge in [0.15, 0.2) is 0 Å². The average Bonchev–Trinajstić information content (AvgIpc) is 1.46. The molecule has 0 saturated carbocycles. The standard InChI is InChI=1S/C74H123F2N13O14/c1-19-21-30-89-41-62(93)84(15)59(37-51-28-24-22-25-29-51)71(100)86(17)57(35-47(7)8)66(95)79-54(43-103-42-52-39-74(75,76)44-77-52)69(98)85(16)56(34-46(5)6)65(94)78-53(70(99)88-31-26-23-27-32-88)38-60(91)82(13)40-61(92)83(14)55(33-45(3)4)67(96)80-63(49(11)20-2)72(101)87(18)58(36-48(9)10)68(97)81-64(50(12)90)73(89)102/h22,24-25,28-29,45-50,52-59,63-64,77,90H,19-21,23,26-27,30-44H2,1-18H3,(H,78,94)(H,79,95)(H,80,96)(H,81,97)/t49-,50+,52-,53?,54-,55-,56-,57-,58-,59-,63-,64-/m0/s1. The maximum absolute atomic E-state index is 15.5. The van der Waals surface area contributed by atoms with Crippen LogP contribution in [-0.4, -0.2) is 282 Å². The van der Waals surface area contributed by atoms with Gasteiger partial charge < -0.3 is 75.6 Å². The Labute approximate surface area is 609 Å². The number of likely N-dealkylation sites (N-methyl/N-ethyl adjacent to an activating group) is 6. The van der Waals surface area contributed by atoms with E-state index in [0.717, 1.165) is 16.2 Å². The predicted molar refractivity (Wildman–Crippen MR) is 386 cm³/mol. The maximum Gasteiger partial charge on any atom is 0.261 e. The van der Waals surface area contributed by atoms with Crippen LogP contribution in [0.15, 0.2) is 30.3 Å². The predicted octanol–water partition coefficient (Wildman–Crippen LogP) is 3.43. The molecule has 3 heterocycles. The molecule has 29 heteroatoms. The molecule has 27 nitrogen and oxygen atoms in total. The lowest BCUT2D eigenvalue weighted by molar-refractivity contribution is -0.151. The topological polar surface area (TPSA) is 320 Å². The Hall–Kier alpha value is -7.40. The van der Waals surface area contributed by atoms with E-state index in [-0.39, 0.29) is 68.9 Å². The van der Waals surface area contributed by atoms with E-state index in [1.807, 2.05) is 55.4 Å². The van der Waals surface area contributed by atoms with E-state index in [0.29, 0.717) is 50.8 Å². The van der Waals surface area contributed by atoms with E-state index in [9.17, 15) is 37.9 Å². The van der Waals surface area contributed by atoms with E-state index in [4.69, 9.17) is 4.74 Å². The maximum atomic E-state index is 15.5. The van der Waals surface area contributed by atoms with Crippen LogP contribution >= 0.6 is 0 Å². The molecule has 6 N–H and O–H groups in total. The fourth-order valence-electron chi connectivity index (χ4n) is 13.2. The van der Waals surface area contributed by atoms with Crippen molar-refractivity contribution in [3.05, 3.63) is 35.9 Å². The molecule has 0 radical (unpaired) electrons. The Morgan fingerprint density at radius 2 is 1.04 bits per heavy atom. The molecule has 0 aliphatic carbocycles. The van der Waals surface area contributed by atoms with Crippen molar-refractivity contribution in [3.8, 4) is 0 Å². The molecule has 4 rings (SSSR count). The van der Waals surface area contributed by atoms with Crippen molar-refractivity contribution in [2.45, 2.75) is 239 Å². The molecule has 1 unspecified atom stereocenters. The summed E-state index contributed by atoms with van der Waals surface area (Å²) in [5.41, 5.74) is 0.613. The van der Waals surface area contributed by atoms with Crippen molar-refractivity contribution in [3.63, 3.8) is 0 Å². The number of unbranched alkanes of at least 4 members (excludes halogenated alkanes) is 1. The van der Waals surface area contributed by atoms with E-state index in [1.54, 1.807) is 56.0 Å². The molecule has 1 aromatic rings. The molecule has 3 aliphatic heterocycles. The number of aliphatic hydroxyl groups is 1. The van der Waals surface area contributed by atoms with Crippen LogP contribution in [0.25, 0.3) is 0 Å². The van der Waals surface area contributed by atoms with Gasteiger partial charge in [-0.15, -0.1) is 0 Å². The van der Waals surface area contributed by atoms with E-state index >= 15 is 33.6 Å². The van der Waals surface area contributed by atoms with Crippen molar-refractivity contribution in [1.82, 2.24) is 65.8 Å². The van der Waals surface area contributed by atoms with Crippen molar-refractivity contribution in [2.75, 3.05) is 94.8 Å². The molecular weight excluding hydrogens is 1330 g/mol. The van der Waals surface area contributed by atoms with Crippen molar-refractivity contribution in [2.24, 2.45) is 29.6 Å². The summed E-state index contributed by atoms with van der Waals surface area (Å²) < 4.78 is 35.0. The van der Waals surface area contributed by atoms with Gasteiger partial charge in [0.1, 0.15) is 54.4 Å². The minimum atomic E-state index is -3.04. The Morgan fingerprint density at radius 3 is 1.53 bits per heavy atom. The number of hydrogen-bond donors (Lipinski definition) is 6. The van der Waals surface area contributed by atoms with Gasteiger partial charge in [-0.3, -0.25) is 57.5 Å². The molecule has 1 aromatic carbocycles. The summed E-state index contributed by atoms with van der Waals surface area (Å²) in [4.78, 5) is 189. The summed E-state index contributed by atoms with van der Waals surface area (Å²) in [6, 6.07) is -4.84. The molecule has 582 valence electrons. The highest BCUT2D eigenvalue weighted by atomic mass is 19.3. The highest BCUT2D eigenvalue weighted by molar-refractivity contribution is 6.00. The Balaban J connectivity index is 1.99. The van der Waals surface area contributed by atoms with Crippen LogP contribution in [0.5, 0.6) is 0 Å². The van der Waals surface area contributed by atoms with Gasteiger partial charge in [0, 0.05) is 80.8 Å². The second-order valence-electron chi connectivity index (χ2n) is 30.5. The Bertz CT molecular complexity index is 3010. The number of alkyl halides is 2. The fourth-order valence-corrected chi connectivity index (χ4v) is 13.2. The van der Waals surface area contributed by atoms with Gasteiger partial charge in [-0.2, -0.15) is 0 Å². The number of carbonyl (C=O) groups excluding carboxylic acids is 12. The summed E-state index contributed by atoms with van der Waals surface area (Å²) in [7, 11) is 8.22. The zero-order valence-corrected chi connectivity index (χ0v) is 64.6. The highest BCUT2D eigenvalue weighted by Gasteiger charge is 2.45. The number of amides is 12. The third-order valence-corrected chi connectivity index (χ3v) is 19.8. The first-order valence-electron chi connectivity index (χ1n) is 37.0. The lowest BCUT2D eigenvalue weighted by Gasteiger charge is -2.38. The van der Waals surface area contributed by atoms with E-state index in [1.165, 1.54) is 73.7 Å². The first-order valence-corrected chi connectivity index (χ1v) is 37.0. The number of benzene rings is 1. The zero-order chi connectivity index (χ0) is 77.5. The number of hydrogen-bond acceptors (Lipinski definition) is 15. The van der Waals surface area contributed by atoms with Gasteiger partial charge in [-0.05, 0) is 93.4 Å². The molecule has 103 heavy (non-hydrogen) atoms. The number of likely N-dealkylation sites (tertiary alicyclic amines) is 1. The van der Waals surface area contributed by atoms with Crippen LogP contribution in [0.4, 0.5) is 8.78 Å². The lowest BCUT2D eigenvalue weighted by atomic mass is 9.94. The summed E-state index contributed by atoms with van der Waals surface area (Å²) in [6.45, 7) is 19.1. The van der Waals surface area contributed by atoms with E-state index < -0.39 is 188 Å². The number of piperidine rings is 1. The number of ether oxygens (including phenoxy) is 1. The van der Waals surface area contributed by atoms with Crippen molar-refractivity contribution < 1.29 is 76.2 Å². The first-order chi connectivity index (χ1) is 48.2. The monoisotopic (exact) mass is 1460 g/mol. The SMILES string of the molecule is CCCCN1CC(=O)N(C)[C@@H](Cc2ccccc2)C(=O)N(C)[C@@H](CC(C)C)C(=O)N[C@@H](COC[C@@H]2CC(F)(F)CN2)C(=O)N(C)[C@@H](CC(C)C)C(=O)NC(C(=O)N2CCCCC2)CC(=O)N(C)CC(=O)N(C)[C@@H](CC(C)C)C(=O)N[C@@H]([C@@H](C)CC)C(=O)N(C)[C@@H](CC(C)C)C(=O)N[C@@H]([C@@H](C)O)C1=O. The second-order valence-corrected chi connectivity index (χ2v) is 30.5. The third kappa shape index (κ3) is 26.3. The quantitative estimate of drug-likeness (QED) is 0.103. The molecule has 12 atom stereocenters. The van der Waals surface area contributed by atoms with Crippen molar-refractivity contribution in [1.29, 1.82) is 0 Å². The first kappa shape index (κ1) is 88.0. The van der Waals surface area contributed by atoms with Gasteiger partial charge in [0.25, 0.3) is 5.92 Å². The third-order valence-electron chi connectivity index (χ3n) is 19.8. The highest BCUT2D eigenvalue weighted by Crippen LogP contribution is 2.27.